The van der Waals surface area contributed by atoms with Gasteiger partial charge in [0.1, 0.15) is 5.75 Å². The third-order valence-electron chi connectivity index (χ3n) is 2.71. The average molecular weight is 320 g/mol. The van der Waals surface area contributed by atoms with E-state index in [0.29, 0.717) is 0 Å². The zero-order chi connectivity index (χ0) is 16.1. The molecule has 2 N–H and O–H groups in total. The van der Waals surface area contributed by atoms with Gasteiger partial charge >= 0.3 is 0 Å². The van der Waals surface area contributed by atoms with Crippen molar-refractivity contribution < 1.29 is 14.8 Å². The first-order chi connectivity index (χ1) is 10.5. The van der Waals surface area contributed by atoms with E-state index in [2.05, 4.69) is 10.5 Å². The molecule has 8 heteroatoms. The predicted octanol–water partition coefficient (Wildman–Crippen LogP) is 2.72. The molecule has 0 aromatic heterocycles. The normalized spacial score (nSPS) is 10.6. The second-order valence-electron chi connectivity index (χ2n) is 4.18. The fourth-order valence-corrected chi connectivity index (χ4v) is 1.80. The molecule has 0 saturated carbocycles. The summed E-state index contributed by atoms with van der Waals surface area (Å²) in [6, 6.07) is 9.84. The number of phenolic OH excluding ortho intramolecular Hbond substituents is 1. The summed E-state index contributed by atoms with van der Waals surface area (Å²) in [5, 5.41) is 24.2. The van der Waals surface area contributed by atoms with E-state index in [0.717, 1.165) is 0 Å². The quantitative estimate of drug-likeness (QED) is 0.513. The summed E-state index contributed by atoms with van der Waals surface area (Å²) in [6.45, 7) is 0. The lowest BCUT2D eigenvalue weighted by Gasteiger charge is -2.02. The van der Waals surface area contributed by atoms with Crippen molar-refractivity contribution in [1.29, 1.82) is 0 Å². The van der Waals surface area contributed by atoms with Gasteiger partial charge in [0.25, 0.3) is 11.6 Å². The van der Waals surface area contributed by atoms with Gasteiger partial charge in [-0.05, 0) is 18.2 Å². The highest BCUT2D eigenvalue weighted by molar-refractivity contribution is 6.33. The fraction of sp³-hybridized carbons (Fsp3) is 0. The molecule has 112 valence electrons. The second kappa shape index (κ2) is 6.68. The van der Waals surface area contributed by atoms with Crippen molar-refractivity contribution in [1.82, 2.24) is 5.43 Å². The van der Waals surface area contributed by atoms with E-state index in [4.69, 9.17) is 11.6 Å². The number of hydrogen-bond acceptors (Lipinski definition) is 5. The third kappa shape index (κ3) is 3.58. The number of nitrogens with one attached hydrogen (secondary N) is 1. The van der Waals surface area contributed by atoms with Crippen molar-refractivity contribution in [2.24, 2.45) is 5.10 Å². The van der Waals surface area contributed by atoms with Crippen LogP contribution in [0.25, 0.3) is 0 Å². The van der Waals surface area contributed by atoms with Crippen molar-refractivity contribution in [3.8, 4) is 5.75 Å². The summed E-state index contributed by atoms with van der Waals surface area (Å²) >= 11 is 5.89. The lowest BCUT2D eigenvalue weighted by atomic mass is 10.2. The second-order valence-corrected chi connectivity index (χ2v) is 4.59. The number of nitro groups is 1. The zero-order valence-corrected chi connectivity index (χ0v) is 11.8. The molecule has 0 unspecified atom stereocenters. The van der Waals surface area contributed by atoms with E-state index in [9.17, 15) is 20.0 Å². The number of phenols is 1. The summed E-state index contributed by atoms with van der Waals surface area (Å²) in [4.78, 5) is 21.9. The molecule has 0 bridgehead atoms. The highest BCUT2D eigenvalue weighted by Gasteiger charge is 2.10. The molecule has 0 spiro atoms. The number of carbonyl (C=O) groups excluding carboxylic acids is 1. The average Bonchev–Trinajstić information content (AvgIpc) is 2.49. The van der Waals surface area contributed by atoms with Gasteiger partial charge in [0.15, 0.2) is 0 Å². The molecule has 0 fully saturated rings. The van der Waals surface area contributed by atoms with Crippen molar-refractivity contribution in [2.75, 3.05) is 0 Å². The molecule has 0 aliphatic heterocycles. The van der Waals surface area contributed by atoms with Crippen LogP contribution in [0.15, 0.2) is 47.6 Å². The number of amides is 1. The highest BCUT2D eigenvalue weighted by atomic mass is 35.5. The van der Waals surface area contributed by atoms with Gasteiger partial charge in [-0.2, -0.15) is 5.10 Å². The molecule has 2 rings (SSSR count). The Balaban J connectivity index is 2.13. The van der Waals surface area contributed by atoms with Crippen LogP contribution in [0.2, 0.25) is 5.02 Å². The van der Waals surface area contributed by atoms with Crippen molar-refractivity contribution in [3.63, 3.8) is 0 Å². The Bertz CT molecular complexity index is 762. The van der Waals surface area contributed by atoms with Crippen molar-refractivity contribution in [2.45, 2.75) is 0 Å². The van der Waals surface area contributed by atoms with E-state index in [1.54, 1.807) is 12.1 Å². The van der Waals surface area contributed by atoms with Crippen LogP contribution >= 0.6 is 11.6 Å². The Morgan fingerprint density at radius 1 is 1.32 bits per heavy atom. The molecule has 7 nitrogen and oxygen atoms in total. The molecular weight excluding hydrogens is 310 g/mol. The van der Waals surface area contributed by atoms with Gasteiger partial charge in [0.2, 0.25) is 0 Å². The van der Waals surface area contributed by atoms with Gasteiger partial charge in [0.05, 0.1) is 16.7 Å². The Hall–Kier alpha value is -2.93. The van der Waals surface area contributed by atoms with E-state index >= 15 is 0 Å². The molecule has 22 heavy (non-hydrogen) atoms. The van der Waals surface area contributed by atoms with E-state index < -0.39 is 10.8 Å². The number of nitrogens with zero attached hydrogens (tertiary/aromatic N) is 2. The fourth-order valence-electron chi connectivity index (χ4n) is 1.63. The Morgan fingerprint density at radius 3 is 2.73 bits per heavy atom. The van der Waals surface area contributed by atoms with Crippen LogP contribution in [0.1, 0.15) is 15.9 Å². The summed E-state index contributed by atoms with van der Waals surface area (Å²) in [5.74, 6) is -0.792. The molecule has 0 radical (unpaired) electrons. The Labute approximate surface area is 130 Å². The number of hydrazone groups is 1. The number of carbonyl (C=O) groups is 1. The van der Waals surface area contributed by atoms with Gasteiger partial charge in [-0.25, -0.2) is 5.43 Å². The number of aromatic hydroxyl groups is 1. The van der Waals surface area contributed by atoms with E-state index in [1.807, 2.05) is 0 Å². The lowest BCUT2D eigenvalue weighted by molar-refractivity contribution is -0.384. The smallest absolute Gasteiger partial charge is 0.275 e. The van der Waals surface area contributed by atoms with Crippen molar-refractivity contribution >= 4 is 29.4 Å². The molecule has 1 amide bonds. The number of hydrogen-bond donors (Lipinski definition) is 2. The highest BCUT2D eigenvalue weighted by Crippen LogP contribution is 2.20. The third-order valence-corrected chi connectivity index (χ3v) is 3.05. The topological polar surface area (TPSA) is 105 Å². The first kappa shape index (κ1) is 15.5. The minimum atomic E-state index is -0.615. The van der Waals surface area contributed by atoms with Gasteiger partial charge in [0, 0.05) is 22.7 Å². The van der Waals surface area contributed by atoms with Crippen LogP contribution in [-0.2, 0) is 0 Å². The predicted molar refractivity (Wildman–Crippen MR) is 81.3 cm³/mol. The molecule has 0 atom stereocenters. The largest absolute Gasteiger partial charge is 0.507 e. The van der Waals surface area contributed by atoms with Crippen LogP contribution in [0.5, 0.6) is 5.75 Å². The maximum atomic E-state index is 11.8. The molecule has 2 aromatic carbocycles. The number of rotatable bonds is 4. The van der Waals surface area contributed by atoms with Crippen LogP contribution < -0.4 is 5.43 Å². The van der Waals surface area contributed by atoms with Crippen LogP contribution in [-0.4, -0.2) is 22.2 Å². The summed E-state index contributed by atoms with van der Waals surface area (Å²) in [5.41, 5.74) is 2.41. The van der Waals surface area contributed by atoms with Crippen LogP contribution in [0.4, 0.5) is 5.69 Å². The summed E-state index contributed by atoms with van der Waals surface area (Å²) < 4.78 is 0. The van der Waals surface area contributed by atoms with E-state index in [-0.39, 0.29) is 27.6 Å². The first-order valence-corrected chi connectivity index (χ1v) is 6.42. The number of benzene rings is 2. The van der Waals surface area contributed by atoms with Crippen LogP contribution in [0.3, 0.4) is 0 Å². The van der Waals surface area contributed by atoms with Gasteiger partial charge in [-0.15, -0.1) is 0 Å². The van der Waals surface area contributed by atoms with E-state index in [1.165, 1.54) is 36.5 Å². The molecule has 0 aliphatic rings. The summed E-state index contributed by atoms with van der Waals surface area (Å²) in [6.07, 6.45) is 1.19. The van der Waals surface area contributed by atoms with Gasteiger partial charge in [-0.1, -0.05) is 23.7 Å². The minimum Gasteiger partial charge on any atom is -0.507 e. The SMILES string of the molecule is O=C(NN=Cc1cc([N+](=O)[O-])ccc1Cl)c1ccccc1O. The molecule has 0 saturated heterocycles. The minimum absolute atomic E-state index is 0.0600. The molecule has 2 aromatic rings. The van der Waals surface area contributed by atoms with Gasteiger partial charge < -0.3 is 5.11 Å². The maximum Gasteiger partial charge on any atom is 0.275 e. The monoisotopic (exact) mass is 319 g/mol. The number of non-ortho nitro benzene ring substituents is 1. The van der Waals surface area contributed by atoms with Crippen molar-refractivity contribution in [3.05, 3.63) is 68.7 Å². The van der Waals surface area contributed by atoms with Crippen LogP contribution in [0, 0.1) is 10.1 Å². The zero-order valence-electron chi connectivity index (χ0n) is 11.1. The Kier molecular flexibility index (Phi) is 4.70. The van der Waals surface area contributed by atoms with Gasteiger partial charge in [-0.3, -0.25) is 14.9 Å². The summed E-state index contributed by atoms with van der Waals surface area (Å²) in [7, 11) is 0. The molecule has 0 aliphatic carbocycles. The number of para-hydroxylation sites is 1. The Morgan fingerprint density at radius 2 is 2.05 bits per heavy atom. The standard InChI is InChI=1S/C14H10ClN3O4/c15-12-6-5-10(18(21)22)7-9(12)8-16-17-14(20)11-3-1-2-4-13(11)19/h1-8,19H,(H,17,20). The maximum absolute atomic E-state index is 11.8. The number of nitro benzene ring substituents is 1. The molecular formula is C14H10ClN3O4. The number of halogens is 1. The lowest BCUT2D eigenvalue weighted by Crippen LogP contribution is -2.17. The molecule has 0 heterocycles. The first-order valence-electron chi connectivity index (χ1n) is 6.04.